The zero-order valence-electron chi connectivity index (χ0n) is 8.58. The number of aldehydes is 1. The van der Waals surface area contributed by atoms with E-state index < -0.39 is 0 Å². The molecule has 1 aromatic heterocycles. The fourth-order valence-corrected chi connectivity index (χ4v) is 2.25. The van der Waals surface area contributed by atoms with Crippen LogP contribution in [-0.2, 0) is 6.42 Å². The Bertz CT molecular complexity index is 319. The first kappa shape index (κ1) is 9.50. The van der Waals surface area contributed by atoms with Gasteiger partial charge in [0.05, 0.1) is 5.56 Å². The van der Waals surface area contributed by atoms with Crippen molar-refractivity contribution in [3.63, 3.8) is 0 Å². The molecule has 0 aliphatic heterocycles. The molecule has 1 aliphatic carbocycles. The minimum Gasteiger partial charge on any atom is -0.465 e. The predicted octanol–water partition coefficient (Wildman–Crippen LogP) is 3.31. The lowest BCUT2D eigenvalue weighted by molar-refractivity contribution is 0.112. The summed E-state index contributed by atoms with van der Waals surface area (Å²) in [7, 11) is 0. The highest BCUT2D eigenvalue weighted by molar-refractivity contribution is 5.76. The molecule has 1 fully saturated rings. The van der Waals surface area contributed by atoms with Crippen molar-refractivity contribution in [1.82, 2.24) is 0 Å². The highest BCUT2D eigenvalue weighted by atomic mass is 16.3. The van der Waals surface area contributed by atoms with E-state index in [1.54, 1.807) is 0 Å². The van der Waals surface area contributed by atoms with Gasteiger partial charge in [0.25, 0.3) is 0 Å². The summed E-state index contributed by atoms with van der Waals surface area (Å²) >= 11 is 0. The van der Waals surface area contributed by atoms with E-state index in [9.17, 15) is 4.79 Å². The molecule has 0 spiro atoms. The first-order valence-electron chi connectivity index (χ1n) is 5.43. The maximum atomic E-state index is 10.8. The van der Waals surface area contributed by atoms with Crippen molar-refractivity contribution in [2.75, 3.05) is 0 Å². The van der Waals surface area contributed by atoms with E-state index in [0.29, 0.717) is 5.92 Å². The van der Waals surface area contributed by atoms with Gasteiger partial charge in [-0.15, -0.1) is 0 Å². The van der Waals surface area contributed by atoms with Gasteiger partial charge in [0, 0.05) is 12.3 Å². The number of hydrogen-bond donors (Lipinski definition) is 0. The molecule has 0 bridgehead atoms. The number of aryl methyl sites for hydroxylation is 1. The highest BCUT2D eigenvalue weighted by Crippen LogP contribution is 2.35. The molecule has 0 atom stereocenters. The van der Waals surface area contributed by atoms with Crippen molar-refractivity contribution in [3.8, 4) is 0 Å². The zero-order chi connectivity index (χ0) is 9.97. The normalized spacial score (nSPS) is 17.5. The summed E-state index contributed by atoms with van der Waals surface area (Å²) in [5.74, 6) is 2.44. The molecule has 0 saturated heterocycles. The maximum absolute atomic E-state index is 10.8. The van der Waals surface area contributed by atoms with E-state index in [0.717, 1.165) is 29.8 Å². The lowest BCUT2D eigenvalue weighted by atomic mass is 10.0. The van der Waals surface area contributed by atoms with Crippen LogP contribution in [0.25, 0.3) is 0 Å². The third-order valence-electron chi connectivity index (χ3n) is 3.07. The van der Waals surface area contributed by atoms with Crippen molar-refractivity contribution in [1.29, 1.82) is 0 Å². The van der Waals surface area contributed by atoms with Crippen LogP contribution in [0.5, 0.6) is 0 Å². The third-order valence-corrected chi connectivity index (χ3v) is 3.07. The molecule has 2 rings (SSSR count). The highest BCUT2D eigenvalue weighted by Gasteiger charge is 2.21. The van der Waals surface area contributed by atoms with Crippen LogP contribution < -0.4 is 0 Å². The first-order valence-corrected chi connectivity index (χ1v) is 5.43. The lowest BCUT2D eigenvalue weighted by Crippen LogP contribution is -1.87. The quantitative estimate of drug-likeness (QED) is 0.688. The van der Waals surface area contributed by atoms with Crippen molar-refractivity contribution >= 4 is 6.29 Å². The Morgan fingerprint density at radius 2 is 2.21 bits per heavy atom. The maximum Gasteiger partial charge on any atom is 0.153 e. The predicted molar refractivity (Wildman–Crippen MR) is 54.7 cm³/mol. The Balaban J connectivity index is 2.25. The van der Waals surface area contributed by atoms with Gasteiger partial charge in [0.2, 0.25) is 0 Å². The standard InChI is InChI=1S/C12H16O2/c1-2-11-10(8-13)7-12(14-11)9-5-3-4-6-9/h7-9H,2-6H2,1H3. The topological polar surface area (TPSA) is 30.2 Å². The summed E-state index contributed by atoms with van der Waals surface area (Å²) in [4.78, 5) is 10.8. The van der Waals surface area contributed by atoms with Crippen molar-refractivity contribution in [3.05, 3.63) is 23.2 Å². The molecule has 76 valence electrons. The van der Waals surface area contributed by atoms with Gasteiger partial charge in [-0.2, -0.15) is 0 Å². The van der Waals surface area contributed by atoms with Crippen LogP contribution in [0.4, 0.5) is 0 Å². The molecule has 1 aliphatic rings. The molecule has 0 aromatic carbocycles. The second-order valence-electron chi connectivity index (χ2n) is 3.98. The van der Waals surface area contributed by atoms with Crippen LogP contribution in [0.15, 0.2) is 10.5 Å². The van der Waals surface area contributed by atoms with Crippen LogP contribution in [0.3, 0.4) is 0 Å². The molecular formula is C12H16O2. The number of rotatable bonds is 3. The Kier molecular flexibility index (Phi) is 2.71. The molecule has 0 unspecified atom stereocenters. The molecule has 0 radical (unpaired) electrons. The summed E-state index contributed by atoms with van der Waals surface area (Å²) in [6, 6.07) is 1.93. The molecule has 2 heteroatoms. The molecule has 2 nitrogen and oxygen atoms in total. The zero-order valence-corrected chi connectivity index (χ0v) is 8.58. The Hall–Kier alpha value is -1.05. The molecule has 0 amide bonds. The molecule has 1 aromatic rings. The van der Waals surface area contributed by atoms with E-state index >= 15 is 0 Å². The molecular weight excluding hydrogens is 176 g/mol. The second-order valence-corrected chi connectivity index (χ2v) is 3.98. The minimum absolute atomic E-state index is 0.564. The van der Waals surface area contributed by atoms with Gasteiger partial charge in [0.1, 0.15) is 11.5 Å². The number of furan rings is 1. The van der Waals surface area contributed by atoms with Gasteiger partial charge in [-0.05, 0) is 18.9 Å². The monoisotopic (exact) mass is 192 g/mol. The average Bonchev–Trinajstić information content (AvgIpc) is 2.85. The van der Waals surface area contributed by atoms with Gasteiger partial charge in [0.15, 0.2) is 6.29 Å². The minimum atomic E-state index is 0.564. The average molecular weight is 192 g/mol. The van der Waals surface area contributed by atoms with Crippen molar-refractivity contribution in [2.24, 2.45) is 0 Å². The summed E-state index contributed by atoms with van der Waals surface area (Å²) < 4.78 is 5.71. The van der Waals surface area contributed by atoms with Crippen molar-refractivity contribution in [2.45, 2.75) is 44.9 Å². The van der Waals surface area contributed by atoms with Gasteiger partial charge in [-0.1, -0.05) is 19.8 Å². The van der Waals surface area contributed by atoms with Crippen LogP contribution in [0.2, 0.25) is 0 Å². The van der Waals surface area contributed by atoms with Crippen LogP contribution in [0.1, 0.15) is 60.4 Å². The molecule has 1 heterocycles. The van der Waals surface area contributed by atoms with E-state index in [1.165, 1.54) is 25.7 Å². The fraction of sp³-hybridized carbons (Fsp3) is 0.583. The number of hydrogen-bond acceptors (Lipinski definition) is 2. The van der Waals surface area contributed by atoms with E-state index in [1.807, 2.05) is 13.0 Å². The molecule has 14 heavy (non-hydrogen) atoms. The van der Waals surface area contributed by atoms with E-state index in [2.05, 4.69) is 0 Å². The first-order chi connectivity index (χ1) is 6.85. The van der Waals surface area contributed by atoms with Gasteiger partial charge >= 0.3 is 0 Å². The van der Waals surface area contributed by atoms with Crippen LogP contribution in [0, 0.1) is 0 Å². The number of carbonyl (C=O) groups is 1. The van der Waals surface area contributed by atoms with Gasteiger partial charge in [-0.25, -0.2) is 0 Å². The lowest BCUT2D eigenvalue weighted by Gasteiger charge is -2.03. The van der Waals surface area contributed by atoms with E-state index in [-0.39, 0.29) is 0 Å². The third kappa shape index (κ3) is 1.61. The van der Waals surface area contributed by atoms with Crippen LogP contribution in [-0.4, -0.2) is 6.29 Å². The van der Waals surface area contributed by atoms with Gasteiger partial charge in [-0.3, -0.25) is 4.79 Å². The van der Waals surface area contributed by atoms with Crippen LogP contribution >= 0.6 is 0 Å². The van der Waals surface area contributed by atoms with E-state index in [4.69, 9.17) is 4.42 Å². The van der Waals surface area contributed by atoms with Gasteiger partial charge < -0.3 is 4.42 Å². The SMILES string of the molecule is CCc1oc(C2CCCC2)cc1C=O. The fourth-order valence-electron chi connectivity index (χ4n) is 2.25. The Morgan fingerprint density at radius 1 is 1.50 bits per heavy atom. The smallest absolute Gasteiger partial charge is 0.153 e. The number of carbonyl (C=O) groups excluding carboxylic acids is 1. The largest absolute Gasteiger partial charge is 0.465 e. The Morgan fingerprint density at radius 3 is 2.71 bits per heavy atom. The van der Waals surface area contributed by atoms with Crippen molar-refractivity contribution < 1.29 is 9.21 Å². The molecule has 1 saturated carbocycles. The summed E-state index contributed by atoms with van der Waals surface area (Å²) in [6.07, 6.45) is 6.73. The second kappa shape index (κ2) is 3.99. The summed E-state index contributed by atoms with van der Waals surface area (Å²) in [6.45, 7) is 2.02. The summed E-state index contributed by atoms with van der Waals surface area (Å²) in [5.41, 5.74) is 0.745. The molecule has 0 N–H and O–H groups in total. The Labute approximate surface area is 84.3 Å². The summed E-state index contributed by atoms with van der Waals surface area (Å²) in [5, 5.41) is 0.